The third-order valence-electron chi connectivity index (χ3n) is 7.26. The van der Waals surface area contributed by atoms with Crippen molar-refractivity contribution in [1.29, 1.82) is 0 Å². The topological polar surface area (TPSA) is 67.6 Å². The second-order valence-electron chi connectivity index (χ2n) is 9.40. The molecule has 2 aromatic carbocycles. The first-order valence-electron chi connectivity index (χ1n) is 11.9. The molecule has 7 heteroatoms. The lowest BCUT2D eigenvalue weighted by molar-refractivity contribution is -0.120. The summed E-state index contributed by atoms with van der Waals surface area (Å²) in [6.07, 6.45) is 2.37. The number of hydrogen-bond donors (Lipinski definition) is 1. The van der Waals surface area contributed by atoms with Crippen molar-refractivity contribution in [3.8, 4) is 5.75 Å². The number of rotatable bonds is 8. The number of carbonyl (C=O) groups excluding carboxylic acids is 1. The third kappa shape index (κ3) is 4.85. The predicted molar refractivity (Wildman–Crippen MR) is 128 cm³/mol. The number of likely N-dealkylation sites (tertiary alicyclic amines) is 1. The van der Waals surface area contributed by atoms with Crippen molar-refractivity contribution >= 4 is 16.9 Å². The zero-order chi connectivity index (χ0) is 23.7. The van der Waals surface area contributed by atoms with Crippen LogP contribution in [0.25, 0.3) is 11.0 Å². The van der Waals surface area contributed by atoms with Crippen molar-refractivity contribution in [2.75, 3.05) is 33.3 Å². The predicted octanol–water partition coefficient (Wildman–Crippen LogP) is 4.32. The van der Waals surface area contributed by atoms with E-state index in [0.29, 0.717) is 36.3 Å². The maximum atomic E-state index is 13.4. The standard InChI is InChI=1S/C27H30FN3O3/c1-17-23(15-29-26(32)13-18-3-6-21(33-2)7-4-18)24(17)16-31-11-9-19(10-12-31)27-22-8-5-20(28)14-25(22)34-30-27/h3-8,14,19,23-24H,1,9-13,15-16H2,2H3,(H,29,32)/t23-,24-/m0/s1. The van der Waals surface area contributed by atoms with Crippen LogP contribution in [0.2, 0.25) is 0 Å². The molecule has 1 amide bonds. The Morgan fingerprint density at radius 2 is 1.97 bits per heavy atom. The minimum Gasteiger partial charge on any atom is -0.497 e. The van der Waals surface area contributed by atoms with Crippen LogP contribution >= 0.6 is 0 Å². The van der Waals surface area contributed by atoms with Gasteiger partial charge < -0.3 is 19.5 Å². The fourth-order valence-corrected chi connectivity index (χ4v) is 5.07. The number of fused-ring (bicyclic) bond motifs is 1. The number of carbonyl (C=O) groups is 1. The van der Waals surface area contributed by atoms with Gasteiger partial charge in [0.2, 0.25) is 5.91 Å². The molecule has 3 aromatic rings. The van der Waals surface area contributed by atoms with E-state index < -0.39 is 0 Å². The Morgan fingerprint density at radius 1 is 1.21 bits per heavy atom. The second-order valence-corrected chi connectivity index (χ2v) is 9.40. The van der Waals surface area contributed by atoms with Crippen molar-refractivity contribution in [2.45, 2.75) is 25.2 Å². The average molecular weight is 464 g/mol. The third-order valence-corrected chi connectivity index (χ3v) is 7.26. The van der Waals surface area contributed by atoms with E-state index in [4.69, 9.17) is 9.26 Å². The smallest absolute Gasteiger partial charge is 0.224 e. The summed E-state index contributed by atoms with van der Waals surface area (Å²) < 4.78 is 23.9. The number of methoxy groups -OCH3 is 1. The van der Waals surface area contributed by atoms with E-state index in [1.807, 2.05) is 24.3 Å². The number of ether oxygens (including phenoxy) is 1. The number of amides is 1. The molecule has 1 saturated carbocycles. The Bertz CT molecular complexity index is 1180. The van der Waals surface area contributed by atoms with Gasteiger partial charge in [0.25, 0.3) is 0 Å². The minimum atomic E-state index is -0.304. The Hall–Kier alpha value is -3.19. The minimum absolute atomic E-state index is 0.0316. The van der Waals surface area contributed by atoms with Gasteiger partial charge in [-0.2, -0.15) is 0 Å². The SMILES string of the molecule is C=C1[C@H](CNC(=O)Cc2ccc(OC)cc2)[C@H]1CN1CCC(c2noc3cc(F)ccc23)CC1. The molecule has 0 spiro atoms. The highest BCUT2D eigenvalue weighted by atomic mass is 19.1. The van der Waals surface area contributed by atoms with Crippen molar-refractivity contribution in [1.82, 2.24) is 15.4 Å². The van der Waals surface area contributed by atoms with Gasteiger partial charge in [-0.3, -0.25) is 4.79 Å². The van der Waals surface area contributed by atoms with Crippen LogP contribution in [-0.2, 0) is 11.2 Å². The lowest BCUT2D eigenvalue weighted by Crippen LogP contribution is -2.35. The van der Waals surface area contributed by atoms with E-state index in [-0.39, 0.29) is 11.7 Å². The molecule has 0 unspecified atom stereocenters. The van der Waals surface area contributed by atoms with Gasteiger partial charge in [-0.1, -0.05) is 29.4 Å². The summed E-state index contributed by atoms with van der Waals surface area (Å²) in [4.78, 5) is 14.8. The molecule has 178 valence electrons. The number of aromatic nitrogens is 1. The highest BCUT2D eigenvalue weighted by Crippen LogP contribution is 2.45. The van der Waals surface area contributed by atoms with Gasteiger partial charge in [-0.15, -0.1) is 0 Å². The summed E-state index contributed by atoms with van der Waals surface area (Å²) in [6, 6.07) is 12.2. The van der Waals surface area contributed by atoms with Crippen molar-refractivity contribution in [3.05, 3.63) is 71.7 Å². The zero-order valence-electron chi connectivity index (χ0n) is 19.4. The monoisotopic (exact) mass is 463 g/mol. The van der Waals surface area contributed by atoms with Crippen LogP contribution in [0.15, 0.2) is 59.1 Å². The molecule has 1 aliphatic carbocycles. The van der Waals surface area contributed by atoms with E-state index in [1.165, 1.54) is 17.7 Å². The second kappa shape index (κ2) is 9.58. The molecule has 2 aliphatic rings. The molecule has 1 aromatic heterocycles. The van der Waals surface area contributed by atoms with Gasteiger partial charge in [-0.25, -0.2) is 4.39 Å². The van der Waals surface area contributed by atoms with E-state index in [2.05, 4.69) is 22.0 Å². The molecule has 0 radical (unpaired) electrons. The molecule has 2 heterocycles. The summed E-state index contributed by atoms with van der Waals surface area (Å²) >= 11 is 0. The van der Waals surface area contributed by atoms with Crippen molar-refractivity contribution in [2.24, 2.45) is 11.8 Å². The number of nitrogens with one attached hydrogen (secondary N) is 1. The molecular formula is C27H30FN3O3. The Balaban J connectivity index is 1.06. The van der Waals surface area contributed by atoms with Crippen LogP contribution in [0, 0.1) is 17.7 Å². The normalized spacial score (nSPS) is 21.1. The summed E-state index contributed by atoms with van der Waals surface area (Å²) in [5.74, 6) is 1.64. The van der Waals surface area contributed by atoms with Gasteiger partial charge in [0.1, 0.15) is 11.6 Å². The summed E-state index contributed by atoms with van der Waals surface area (Å²) in [5.41, 5.74) is 3.67. The number of halogens is 1. The van der Waals surface area contributed by atoms with Crippen LogP contribution in [-0.4, -0.2) is 49.3 Å². The van der Waals surface area contributed by atoms with E-state index >= 15 is 0 Å². The highest BCUT2D eigenvalue weighted by Gasteiger charge is 2.43. The van der Waals surface area contributed by atoms with Gasteiger partial charge in [-0.05, 0) is 55.8 Å². The largest absolute Gasteiger partial charge is 0.497 e. The lowest BCUT2D eigenvalue weighted by Gasteiger charge is -2.31. The fraction of sp³-hybridized carbons (Fsp3) is 0.407. The number of benzene rings is 2. The van der Waals surface area contributed by atoms with Crippen molar-refractivity contribution in [3.63, 3.8) is 0 Å². The fourth-order valence-electron chi connectivity index (χ4n) is 5.07. The van der Waals surface area contributed by atoms with Gasteiger partial charge in [0, 0.05) is 42.3 Å². The molecular weight excluding hydrogens is 433 g/mol. The van der Waals surface area contributed by atoms with Crippen molar-refractivity contribution < 1.29 is 18.4 Å². The van der Waals surface area contributed by atoms with E-state index in [9.17, 15) is 9.18 Å². The molecule has 1 N–H and O–H groups in total. The van der Waals surface area contributed by atoms with Crippen LogP contribution in [0.1, 0.15) is 30.0 Å². The molecule has 1 saturated heterocycles. The van der Waals surface area contributed by atoms with Crippen LogP contribution in [0.5, 0.6) is 5.75 Å². The molecule has 34 heavy (non-hydrogen) atoms. The molecule has 6 nitrogen and oxygen atoms in total. The number of nitrogens with zero attached hydrogens (tertiary/aromatic N) is 2. The van der Waals surface area contributed by atoms with Crippen LogP contribution in [0.4, 0.5) is 4.39 Å². The van der Waals surface area contributed by atoms with Gasteiger partial charge >= 0.3 is 0 Å². The first-order valence-corrected chi connectivity index (χ1v) is 11.9. The number of piperidine rings is 1. The summed E-state index contributed by atoms with van der Waals surface area (Å²) in [5, 5.41) is 8.23. The lowest BCUT2D eigenvalue weighted by atomic mass is 9.91. The maximum absolute atomic E-state index is 13.4. The molecule has 2 atom stereocenters. The highest BCUT2D eigenvalue weighted by molar-refractivity contribution is 5.80. The van der Waals surface area contributed by atoms with Gasteiger partial charge in [0.15, 0.2) is 5.58 Å². The average Bonchev–Trinajstić information content (AvgIpc) is 3.24. The molecule has 5 rings (SSSR count). The van der Waals surface area contributed by atoms with Crippen LogP contribution < -0.4 is 10.1 Å². The van der Waals surface area contributed by atoms with Gasteiger partial charge in [0.05, 0.1) is 19.2 Å². The summed E-state index contributed by atoms with van der Waals surface area (Å²) in [7, 11) is 1.63. The first kappa shape index (κ1) is 22.6. The van der Waals surface area contributed by atoms with Crippen LogP contribution in [0.3, 0.4) is 0 Å². The molecule has 0 bridgehead atoms. The Labute approximate surface area is 198 Å². The van der Waals surface area contributed by atoms with E-state index in [1.54, 1.807) is 13.2 Å². The Kier molecular flexibility index (Phi) is 6.37. The first-order chi connectivity index (χ1) is 16.5. The quantitative estimate of drug-likeness (QED) is 0.504. The molecule has 1 aliphatic heterocycles. The Morgan fingerprint density at radius 3 is 2.71 bits per heavy atom. The van der Waals surface area contributed by atoms with E-state index in [0.717, 1.165) is 54.9 Å². The summed E-state index contributed by atoms with van der Waals surface area (Å²) in [6.45, 7) is 7.83. The number of hydrogen-bond acceptors (Lipinski definition) is 5. The molecule has 2 fully saturated rings. The zero-order valence-corrected chi connectivity index (χ0v) is 19.4. The maximum Gasteiger partial charge on any atom is 0.224 e.